The average Bonchev–Trinajstić information content (AvgIpc) is 2.28. The molecule has 1 N–H and O–H groups in total. The molecule has 17 heavy (non-hydrogen) atoms. The van der Waals surface area contributed by atoms with Crippen LogP contribution in [0.4, 0.5) is 0 Å². The van der Waals surface area contributed by atoms with Gasteiger partial charge in [-0.15, -0.1) is 0 Å². The van der Waals surface area contributed by atoms with E-state index in [9.17, 15) is 9.90 Å². The normalized spacial score (nSPS) is 12.5. The van der Waals surface area contributed by atoms with Gasteiger partial charge >= 0.3 is 0 Å². The van der Waals surface area contributed by atoms with Gasteiger partial charge in [0.2, 0.25) is 0 Å². The average molecular weight is 236 g/mol. The summed E-state index contributed by atoms with van der Waals surface area (Å²) in [7, 11) is 0. The van der Waals surface area contributed by atoms with Crippen molar-refractivity contribution in [2.75, 3.05) is 0 Å². The van der Waals surface area contributed by atoms with Crippen molar-refractivity contribution in [3.8, 4) is 5.75 Å². The third kappa shape index (κ3) is 3.86. The molecule has 0 heterocycles. The Kier molecular flexibility index (Phi) is 5.16. The molecule has 1 aromatic rings. The third-order valence-electron chi connectivity index (χ3n) is 2.38. The lowest BCUT2D eigenvalue weighted by Gasteiger charge is -2.15. The Morgan fingerprint density at radius 3 is 2.59 bits per heavy atom. The first-order valence-corrected chi connectivity index (χ1v) is 6.04. The van der Waals surface area contributed by atoms with E-state index >= 15 is 0 Å². The highest BCUT2D eigenvalue weighted by molar-refractivity contribution is 6.01. The number of rotatable bonds is 6. The molecule has 1 aromatic carbocycles. The molecule has 94 valence electrons. The number of carbonyl (C=O) groups excluding carboxylic acids is 1. The van der Waals surface area contributed by atoms with Crippen LogP contribution in [0.15, 0.2) is 24.3 Å². The zero-order valence-electron chi connectivity index (χ0n) is 10.6. The van der Waals surface area contributed by atoms with Gasteiger partial charge in [0.25, 0.3) is 0 Å². The first-order chi connectivity index (χ1) is 8.06. The molecule has 3 heteroatoms. The largest absolute Gasteiger partial charge is 0.490 e. The predicted octanol–water partition coefficient (Wildman–Crippen LogP) is 2.82. The molecule has 1 rings (SSSR count). The van der Waals surface area contributed by atoms with Crippen LogP contribution in [0.25, 0.3) is 0 Å². The summed E-state index contributed by atoms with van der Waals surface area (Å²) in [5.41, 5.74) is 0.460. The summed E-state index contributed by atoms with van der Waals surface area (Å²) < 4.78 is 5.56. The number of Topliss-reactive ketones (excluding diaryl/α,β-unsaturated/α-hetero) is 1. The van der Waals surface area contributed by atoms with Gasteiger partial charge in [-0.3, -0.25) is 4.79 Å². The van der Waals surface area contributed by atoms with Gasteiger partial charge in [0.05, 0.1) is 11.7 Å². The van der Waals surface area contributed by atoms with Gasteiger partial charge in [0, 0.05) is 0 Å². The summed E-state index contributed by atoms with van der Waals surface area (Å²) in [6.07, 6.45) is 0.332. The zero-order valence-corrected chi connectivity index (χ0v) is 10.6. The number of benzene rings is 1. The van der Waals surface area contributed by atoms with Gasteiger partial charge in [-0.05, 0) is 32.4 Å². The standard InChI is InChI=1S/C14H20O3/c1-4-7-12(15)14(16)11-8-5-6-9-13(11)17-10(2)3/h5-6,8-10,12,15H,4,7H2,1-3H3. The number of para-hydroxylation sites is 1. The molecule has 1 atom stereocenters. The van der Waals surface area contributed by atoms with E-state index in [-0.39, 0.29) is 11.9 Å². The van der Waals surface area contributed by atoms with Crippen LogP contribution < -0.4 is 4.74 Å². The van der Waals surface area contributed by atoms with Crippen LogP contribution in [-0.4, -0.2) is 23.1 Å². The number of aliphatic hydroxyl groups excluding tert-OH is 1. The maximum absolute atomic E-state index is 12.0. The topological polar surface area (TPSA) is 46.5 Å². The molecule has 0 aliphatic carbocycles. The third-order valence-corrected chi connectivity index (χ3v) is 2.38. The highest BCUT2D eigenvalue weighted by atomic mass is 16.5. The molecule has 3 nitrogen and oxygen atoms in total. The molecule has 0 aliphatic rings. The maximum atomic E-state index is 12.0. The molecule has 0 aromatic heterocycles. The fourth-order valence-electron chi connectivity index (χ4n) is 1.61. The highest BCUT2D eigenvalue weighted by Gasteiger charge is 2.20. The van der Waals surface area contributed by atoms with Crippen LogP contribution in [0.3, 0.4) is 0 Å². The van der Waals surface area contributed by atoms with Crippen molar-refractivity contribution >= 4 is 5.78 Å². The first-order valence-electron chi connectivity index (χ1n) is 6.04. The van der Waals surface area contributed by atoms with Crippen molar-refractivity contribution in [2.45, 2.75) is 45.8 Å². The highest BCUT2D eigenvalue weighted by Crippen LogP contribution is 2.21. The first kappa shape index (κ1) is 13.7. The summed E-state index contributed by atoms with van der Waals surface area (Å²) in [5, 5.41) is 9.72. The van der Waals surface area contributed by atoms with Crippen molar-refractivity contribution < 1.29 is 14.6 Å². The van der Waals surface area contributed by atoms with Crippen LogP contribution in [0.1, 0.15) is 44.0 Å². The summed E-state index contributed by atoms with van der Waals surface area (Å²) in [6.45, 7) is 5.75. The quantitative estimate of drug-likeness (QED) is 0.772. The van der Waals surface area contributed by atoms with Crippen LogP contribution in [-0.2, 0) is 0 Å². The fraction of sp³-hybridized carbons (Fsp3) is 0.500. The van der Waals surface area contributed by atoms with E-state index in [1.54, 1.807) is 18.2 Å². The van der Waals surface area contributed by atoms with Gasteiger partial charge in [0.1, 0.15) is 11.9 Å². The van der Waals surface area contributed by atoms with Gasteiger partial charge < -0.3 is 9.84 Å². The zero-order chi connectivity index (χ0) is 12.8. The number of ether oxygens (including phenoxy) is 1. The maximum Gasteiger partial charge on any atom is 0.194 e. The van der Waals surface area contributed by atoms with E-state index < -0.39 is 6.10 Å². The Morgan fingerprint density at radius 2 is 2.00 bits per heavy atom. The summed E-state index contributed by atoms with van der Waals surface area (Å²) >= 11 is 0. The Balaban J connectivity index is 2.92. The molecule has 0 saturated heterocycles. The summed E-state index contributed by atoms with van der Waals surface area (Å²) in [4.78, 5) is 12.0. The summed E-state index contributed by atoms with van der Waals surface area (Å²) in [5.74, 6) is 0.283. The second-order valence-electron chi connectivity index (χ2n) is 4.33. The minimum atomic E-state index is -0.933. The van der Waals surface area contributed by atoms with Crippen molar-refractivity contribution in [3.05, 3.63) is 29.8 Å². The molecule has 0 bridgehead atoms. The second kappa shape index (κ2) is 6.40. The molecule has 0 radical (unpaired) electrons. The van der Waals surface area contributed by atoms with E-state index in [4.69, 9.17) is 4.74 Å². The molecule has 0 saturated carbocycles. The number of hydrogen-bond donors (Lipinski definition) is 1. The molecular weight excluding hydrogens is 216 g/mol. The molecule has 0 spiro atoms. The molecular formula is C14H20O3. The molecule has 0 amide bonds. The van der Waals surface area contributed by atoms with Crippen molar-refractivity contribution in [2.24, 2.45) is 0 Å². The minimum absolute atomic E-state index is 0.00673. The van der Waals surface area contributed by atoms with E-state index in [1.165, 1.54) is 0 Å². The van der Waals surface area contributed by atoms with E-state index in [1.807, 2.05) is 26.8 Å². The Bertz CT molecular complexity index is 371. The van der Waals surface area contributed by atoms with Gasteiger partial charge in [-0.1, -0.05) is 25.5 Å². The predicted molar refractivity (Wildman–Crippen MR) is 67.5 cm³/mol. The van der Waals surface area contributed by atoms with Crippen LogP contribution in [0.5, 0.6) is 5.75 Å². The van der Waals surface area contributed by atoms with Crippen LogP contribution >= 0.6 is 0 Å². The second-order valence-corrected chi connectivity index (χ2v) is 4.33. The lowest BCUT2D eigenvalue weighted by Crippen LogP contribution is -2.21. The van der Waals surface area contributed by atoms with Crippen molar-refractivity contribution in [1.29, 1.82) is 0 Å². The lowest BCUT2D eigenvalue weighted by molar-refractivity contribution is 0.0723. The van der Waals surface area contributed by atoms with Crippen molar-refractivity contribution in [1.82, 2.24) is 0 Å². The van der Waals surface area contributed by atoms with E-state index in [2.05, 4.69) is 0 Å². The van der Waals surface area contributed by atoms with Gasteiger partial charge in [-0.25, -0.2) is 0 Å². The fourth-order valence-corrected chi connectivity index (χ4v) is 1.61. The smallest absolute Gasteiger partial charge is 0.194 e. The minimum Gasteiger partial charge on any atom is -0.490 e. The summed E-state index contributed by atoms with van der Waals surface area (Å²) in [6, 6.07) is 7.05. The van der Waals surface area contributed by atoms with E-state index in [0.717, 1.165) is 6.42 Å². The Labute approximate surface area is 102 Å². The van der Waals surface area contributed by atoms with Crippen LogP contribution in [0, 0.1) is 0 Å². The SMILES string of the molecule is CCCC(O)C(=O)c1ccccc1OC(C)C. The van der Waals surface area contributed by atoms with E-state index in [0.29, 0.717) is 17.7 Å². The number of hydrogen-bond acceptors (Lipinski definition) is 3. The molecule has 0 fully saturated rings. The lowest BCUT2D eigenvalue weighted by atomic mass is 10.0. The molecule has 1 unspecified atom stereocenters. The Morgan fingerprint density at radius 1 is 1.35 bits per heavy atom. The Hall–Kier alpha value is -1.35. The number of ketones is 1. The van der Waals surface area contributed by atoms with Gasteiger partial charge in [-0.2, -0.15) is 0 Å². The van der Waals surface area contributed by atoms with Crippen LogP contribution in [0.2, 0.25) is 0 Å². The number of carbonyl (C=O) groups is 1. The van der Waals surface area contributed by atoms with Crippen molar-refractivity contribution in [3.63, 3.8) is 0 Å². The molecule has 0 aliphatic heterocycles. The number of aliphatic hydroxyl groups is 1. The monoisotopic (exact) mass is 236 g/mol. The van der Waals surface area contributed by atoms with Gasteiger partial charge in [0.15, 0.2) is 5.78 Å².